The van der Waals surface area contributed by atoms with E-state index in [1.54, 1.807) is 0 Å². The lowest BCUT2D eigenvalue weighted by molar-refractivity contribution is 0.0189. The molecule has 0 radical (unpaired) electrons. The minimum Gasteiger partial charge on any atom is -0.492 e. The summed E-state index contributed by atoms with van der Waals surface area (Å²) in [6, 6.07) is 24.5. The molecule has 3 aromatic carbocycles. The van der Waals surface area contributed by atoms with Gasteiger partial charge in [0.25, 0.3) is 0 Å². The van der Waals surface area contributed by atoms with Crippen molar-refractivity contribution < 1.29 is 9.84 Å². The first-order valence-corrected chi connectivity index (χ1v) is 12.8. The quantitative estimate of drug-likeness (QED) is 0.292. The van der Waals surface area contributed by atoms with Crippen molar-refractivity contribution in [1.29, 1.82) is 0 Å². The van der Waals surface area contributed by atoms with Crippen LogP contribution in [0.25, 0.3) is 0 Å². The molecule has 1 unspecified atom stereocenters. The number of likely N-dealkylation sites (N-methyl/N-ethyl adjacent to an activating group) is 1. The largest absolute Gasteiger partial charge is 0.492 e. The molecule has 0 bridgehead atoms. The molecular formula is C30H38ClNO2. The fraction of sp³-hybridized carbons (Fsp3) is 0.400. The summed E-state index contributed by atoms with van der Waals surface area (Å²) in [5.41, 5.74) is 3.67. The third kappa shape index (κ3) is 7.87. The van der Waals surface area contributed by atoms with Gasteiger partial charge in [-0.25, -0.2) is 0 Å². The van der Waals surface area contributed by atoms with Crippen LogP contribution < -0.4 is 4.74 Å². The summed E-state index contributed by atoms with van der Waals surface area (Å²) in [4.78, 5) is 2.34. The van der Waals surface area contributed by atoms with E-state index < -0.39 is 5.60 Å². The maximum absolute atomic E-state index is 11.8. The fourth-order valence-electron chi connectivity index (χ4n) is 4.22. The average molecular weight is 480 g/mol. The Morgan fingerprint density at radius 1 is 0.794 bits per heavy atom. The zero-order valence-electron chi connectivity index (χ0n) is 20.8. The van der Waals surface area contributed by atoms with Gasteiger partial charge >= 0.3 is 0 Å². The molecule has 0 fully saturated rings. The van der Waals surface area contributed by atoms with Crippen LogP contribution in [0.4, 0.5) is 0 Å². The monoisotopic (exact) mass is 479 g/mol. The lowest BCUT2D eigenvalue weighted by atomic mass is 9.83. The highest BCUT2D eigenvalue weighted by Crippen LogP contribution is 2.33. The van der Waals surface area contributed by atoms with Crippen molar-refractivity contribution in [3.8, 4) is 5.75 Å². The summed E-state index contributed by atoms with van der Waals surface area (Å²) in [5.74, 6) is 0.842. The van der Waals surface area contributed by atoms with Crippen LogP contribution in [0.1, 0.15) is 48.9 Å². The number of rotatable bonds is 13. The molecular weight excluding hydrogens is 442 g/mol. The van der Waals surface area contributed by atoms with Crippen LogP contribution in [0.15, 0.2) is 72.8 Å². The summed E-state index contributed by atoms with van der Waals surface area (Å²) in [5, 5.41) is 12.6. The van der Waals surface area contributed by atoms with E-state index in [9.17, 15) is 5.11 Å². The van der Waals surface area contributed by atoms with E-state index in [-0.39, 0.29) is 0 Å². The number of hydrogen-bond acceptors (Lipinski definition) is 3. The van der Waals surface area contributed by atoms with Crippen LogP contribution in [0, 0.1) is 6.92 Å². The number of aliphatic hydroxyl groups is 1. The van der Waals surface area contributed by atoms with E-state index in [4.69, 9.17) is 16.3 Å². The van der Waals surface area contributed by atoms with Crippen LogP contribution in [0.2, 0.25) is 5.02 Å². The first kappa shape index (κ1) is 26.3. The Morgan fingerprint density at radius 2 is 1.32 bits per heavy atom. The van der Waals surface area contributed by atoms with Gasteiger partial charge in [-0.2, -0.15) is 0 Å². The molecule has 0 saturated carbocycles. The summed E-state index contributed by atoms with van der Waals surface area (Å²) in [6.07, 6.45) is 2.90. The number of benzene rings is 3. The molecule has 3 rings (SSSR count). The van der Waals surface area contributed by atoms with Crippen molar-refractivity contribution in [2.75, 3.05) is 26.2 Å². The number of nitrogens with zero attached hydrogens (tertiary/aromatic N) is 1. The van der Waals surface area contributed by atoms with Crippen molar-refractivity contribution in [2.45, 2.75) is 52.1 Å². The summed E-state index contributed by atoms with van der Waals surface area (Å²) < 4.78 is 5.95. The van der Waals surface area contributed by atoms with Gasteiger partial charge in [-0.05, 0) is 86.7 Å². The number of hydrogen-bond donors (Lipinski definition) is 1. The Bertz CT molecular complexity index is 930. The smallest absolute Gasteiger partial charge is 0.119 e. The zero-order valence-corrected chi connectivity index (χ0v) is 21.5. The normalized spacial score (nSPS) is 13.1. The van der Waals surface area contributed by atoms with Gasteiger partial charge in [-0.3, -0.25) is 0 Å². The first-order valence-electron chi connectivity index (χ1n) is 12.4. The molecule has 0 aliphatic rings. The molecule has 3 nitrogen and oxygen atoms in total. The second-order valence-corrected chi connectivity index (χ2v) is 9.48. The number of aryl methyl sites for hydroxylation is 3. The van der Waals surface area contributed by atoms with Gasteiger partial charge < -0.3 is 14.7 Å². The van der Waals surface area contributed by atoms with E-state index in [0.717, 1.165) is 48.8 Å². The molecule has 3 aromatic rings. The van der Waals surface area contributed by atoms with Crippen LogP contribution in [-0.4, -0.2) is 36.2 Å². The topological polar surface area (TPSA) is 32.7 Å². The maximum Gasteiger partial charge on any atom is 0.119 e. The van der Waals surface area contributed by atoms with E-state index in [1.807, 2.05) is 48.5 Å². The van der Waals surface area contributed by atoms with E-state index in [2.05, 4.69) is 49.9 Å². The molecule has 0 amide bonds. The Balaban J connectivity index is 1.70. The van der Waals surface area contributed by atoms with Gasteiger partial charge in [-0.1, -0.05) is 79.5 Å². The summed E-state index contributed by atoms with van der Waals surface area (Å²) >= 11 is 6.05. The highest BCUT2D eigenvalue weighted by atomic mass is 35.5. The third-order valence-electron chi connectivity index (χ3n) is 6.65. The number of ether oxygens (including phenoxy) is 1. The molecule has 0 aliphatic carbocycles. The third-order valence-corrected chi connectivity index (χ3v) is 6.90. The van der Waals surface area contributed by atoms with E-state index in [0.29, 0.717) is 19.4 Å². The lowest BCUT2D eigenvalue weighted by Crippen LogP contribution is -2.28. The van der Waals surface area contributed by atoms with Crippen molar-refractivity contribution in [3.05, 3.63) is 100 Å². The van der Waals surface area contributed by atoms with Gasteiger partial charge in [0, 0.05) is 11.6 Å². The Morgan fingerprint density at radius 3 is 1.85 bits per heavy atom. The second-order valence-electron chi connectivity index (χ2n) is 9.04. The van der Waals surface area contributed by atoms with Gasteiger partial charge in [0.05, 0.1) is 5.60 Å². The summed E-state index contributed by atoms with van der Waals surface area (Å²) in [7, 11) is 0. The molecule has 0 saturated heterocycles. The fourth-order valence-corrected chi connectivity index (χ4v) is 4.34. The van der Waals surface area contributed by atoms with Gasteiger partial charge in [0.2, 0.25) is 0 Å². The van der Waals surface area contributed by atoms with Crippen molar-refractivity contribution in [2.24, 2.45) is 0 Å². The highest BCUT2D eigenvalue weighted by molar-refractivity contribution is 6.30. The van der Waals surface area contributed by atoms with E-state index >= 15 is 0 Å². The lowest BCUT2D eigenvalue weighted by Gasteiger charge is -2.29. The van der Waals surface area contributed by atoms with Crippen LogP contribution in [-0.2, 0) is 18.4 Å². The van der Waals surface area contributed by atoms with Gasteiger partial charge in [0.15, 0.2) is 0 Å². The molecule has 0 aromatic heterocycles. The van der Waals surface area contributed by atoms with Gasteiger partial charge in [-0.15, -0.1) is 0 Å². The second kappa shape index (κ2) is 12.9. The molecule has 0 spiro atoms. The van der Waals surface area contributed by atoms with Crippen molar-refractivity contribution >= 4 is 11.6 Å². The highest BCUT2D eigenvalue weighted by Gasteiger charge is 2.29. The Kier molecular flexibility index (Phi) is 10.0. The van der Waals surface area contributed by atoms with Crippen molar-refractivity contribution in [1.82, 2.24) is 4.90 Å². The Hall–Kier alpha value is -2.33. The molecule has 4 heteroatoms. The first-order chi connectivity index (χ1) is 16.4. The van der Waals surface area contributed by atoms with E-state index in [1.165, 1.54) is 16.7 Å². The molecule has 1 N–H and O–H groups in total. The minimum atomic E-state index is -0.926. The van der Waals surface area contributed by atoms with Crippen molar-refractivity contribution in [3.63, 3.8) is 0 Å². The molecule has 0 heterocycles. The van der Waals surface area contributed by atoms with Gasteiger partial charge in [0.1, 0.15) is 12.4 Å². The average Bonchev–Trinajstić information content (AvgIpc) is 2.86. The Labute approximate surface area is 210 Å². The standard InChI is InChI=1S/C30H38ClNO2/c1-4-32(5-2)22-23-34-29-16-12-27(13-17-29)30(33,20-18-25-8-6-24(3)7-9-25)21-19-26-10-14-28(31)15-11-26/h6-17,33H,4-5,18-23H2,1-3H3. The zero-order chi connectivity index (χ0) is 24.4. The van der Waals surface area contributed by atoms with Crippen LogP contribution in [0.3, 0.4) is 0 Å². The maximum atomic E-state index is 11.8. The molecule has 0 aliphatic heterocycles. The molecule has 34 heavy (non-hydrogen) atoms. The minimum absolute atomic E-state index is 0.642. The number of halogens is 1. The van der Waals surface area contributed by atoms with Crippen LogP contribution >= 0.6 is 11.6 Å². The predicted molar refractivity (Wildman–Crippen MR) is 143 cm³/mol. The summed E-state index contributed by atoms with van der Waals surface area (Å²) in [6.45, 7) is 10.1. The molecule has 182 valence electrons. The SMILES string of the molecule is CCN(CC)CCOc1ccc(C(O)(CCc2ccc(C)cc2)CCc2ccc(Cl)cc2)cc1. The molecule has 1 atom stereocenters. The van der Waals surface area contributed by atoms with Crippen LogP contribution in [0.5, 0.6) is 5.75 Å². The predicted octanol–water partition coefficient (Wildman–Crippen LogP) is 6.82.